The molecule has 0 unspecified atom stereocenters. The molecule has 2 atom stereocenters. The van der Waals surface area contributed by atoms with Crippen LogP contribution in [-0.4, -0.2) is 26.1 Å². The molecule has 0 saturated heterocycles. The number of halogens is 1. The fourth-order valence-corrected chi connectivity index (χ4v) is 2.99. The maximum Gasteiger partial charge on any atom is 0.223 e. The quantitative estimate of drug-likeness (QED) is 0.842. The first-order valence-corrected chi connectivity index (χ1v) is 7.46. The maximum absolute atomic E-state index is 13.6. The lowest BCUT2D eigenvalue weighted by Crippen LogP contribution is -2.36. The number of carbonyl (C=O) groups excluding carboxylic acids is 1. The molecule has 21 heavy (non-hydrogen) atoms. The third-order valence-electron chi connectivity index (χ3n) is 4.23. The van der Waals surface area contributed by atoms with Crippen LogP contribution in [0.25, 0.3) is 0 Å². The molecule has 0 aromatic heterocycles. The number of hydrogen-bond donors (Lipinski definition) is 2. The normalized spacial score (nSPS) is 21.3. The lowest BCUT2D eigenvalue weighted by molar-refractivity contribution is -0.125. The molecule has 1 amide bonds. The molecular formula is C16H23FN2O2. The van der Waals surface area contributed by atoms with E-state index >= 15 is 0 Å². The van der Waals surface area contributed by atoms with E-state index in [4.69, 9.17) is 10.5 Å². The summed E-state index contributed by atoms with van der Waals surface area (Å²) >= 11 is 0. The van der Waals surface area contributed by atoms with E-state index in [1.54, 1.807) is 6.07 Å². The molecule has 3 N–H and O–H groups in total. The minimum atomic E-state index is -0.375. The van der Waals surface area contributed by atoms with Crippen molar-refractivity contribution in [1.29, 1.82) is 0 Å². The van der Waals surface area contributed by atoms with E-state index in [1.165, 1.54) is 13.2 Å². The largest absolute Gasteiger partial charge is 0.494 e. The second-order valence-electron chi connectivity index (χ2n) is 5.54. The second-order valence-corrected chi connectivity index (χ2v) is 5.54. The lowest BCUT2D eigenvalue weighted by atomic mass is 9.95. The van der Waals surface area contributed by atoms with Gasteiger partial charge in [-0.05, 0) is 49.4 Å². The zero-order valence-corrected chi connectivity index (χ0v) is 12.4. The van der Waals surface area contributed by atoms with Gasteiger partial charge < -0.3 is 15.8 Å². The molecule has 1 aliphatic rings. The van der Waals surface area contributed by atoms with E-state index in [1.807, 2.05) is 6.07 Å². The van der Waals surface area contributed by atoms with Gasteiger partial charge in [0.15, 0.2) is 11.6 Å². The van der Waals surface area contributed by atoms with E-state index in [9.17, 15) is 9.18 Å². The SMILES string of the molecule is COc1ccc(CCNC(=O)[C@@H]2CCC[C@@H]2CN)cc1F. The minimum absolute atomic E-state index is 0.0441. The number of amides is 1. The van der Waals surface area contributed by atoms with Crippen LogP contribution in [0.15, 0.2) is 18.2 Å². The molecular weight excluding hydrogens is 271 g/mol. The van der Waals surface area contributed by atoms with Crippen molar-refractivity contribution in [3.05, 3.63) is 29.6 Å². The molecule has 2 rings (SSSR count). The van der Waals surface area contributed by atoms with Crippen molar-refractivity contribution in [1.82, 2.24) is 5.32 Å². The van der Waals surface area contributed by atoms with Crippen LogP contribution < -0.4 is 15.8 Å². The average molecular weight is 294 g/mol. The Bertz CT molecular complexity index is 493. The van der Waals surface area contributed by atoms with Crippen molar-refractivity contribution in [3.63, 3.8) is 0 Å². The highest BCUT2D eigenvalue weighted by molar-refractivity contribution is 5.79. The summed E-state index contributed by atoms with van der Waals surface area (Å²) in [7, 11) is 1.44. The van der Waals surface area contributed by atoms with Gasteiger partial charge in [-0.15, -0.1) is 0 Å². The maximum atomic E-state index is 13.6. The van der Waals surface area contributed by atoms with Gasteiger partial charge in [-0.3, -0.25) is 4.79 Å². The summed E-state index contributed by atoms with van der Waals surface area (Å²) < 4.78 is 18.4. The summed E-state index contributed by atoms with van der Waals surface area (Å²) in [5.74, 6) is 0.294. The van der Waals surface area contributed by atoms with Crippen molar-refractivity contribution >= 4 is 5.91 Å². The van der Waals surface area contributed by atoms with Gasteiger partial charge >= 0.3 is 0 Å². The number of rotatable bonds is 6. The summed E-state index contributed by atoms with van der Waals surface area (Å²) in [6.45, 7) is 1.08. The van der Waals surface area contributed by atoms with E-state index in [2.05, 4.69) is 5.32 Å². The Kier molecular flexibility index (Phi) is 5.56. The van der Waals surface area contributed by atoms with Crippen molar-refractivity contribution in [2.24, 2.45) is 17.6 Å². The van der Waals surface area contributed by atoms with Gasteiger partial charge in [-0.25, -0.2) is 4.39 Å². The van der Waals surface area contributed by atoms with Crippen LogP contribution >= 0.6 is 0 Å². The number of nitrogens with two attached hydrogens (primary N) is 1. The highest BCUT2D eigenvalue weighted by Crippen LogP contribution is 2.30. The molecule has 5 heteroatoms. The molecule has 0 spiro atoms. The molecule has 1 aliphatic carbocycles. The van der Waals surface area contributed by atoms with Gasteiger partial charge in [-0.2, -0.15) is 0 Å². The number of carbonyl (C=O) groups is 1. The Balaban J connectivity index is 1.81. The van der Waals surface area contributed by atoms with Gasteiger partial charge in [0.25, 0.3) is 0 Å². The van der Waals surface area contributed by atoms with E-state index < -0.39 is 0 Å². The van der Waals surface area contributed by atoms with Crippen molar-refractivity contribution in [2.45, 2.75) is 25.7 Å². The molecule has 1 saturated carbocycles. The summed E-state index contributed by atoms with van der Waals surface area (Å²) in [5, 5.41) is 2.94. The van der Waals surface area contributed by atoms with Crippen LogP contribution in [0.5, 0.6) is 5.75 Å². The zero-order valence-electron chi connectivity index (χ0n) is 12.4. The first-order valence-electron chi connectivity index (χ1n) is 7.46. The number of hydrogen-bond acceptors (Lipinski definition) is 3. The van der Waals surface area contributed by atoms with Crippen molar-refractivity contribution in [3.8, 4) is 5.75 Å². The average Bonchev–Trinajstić information content (AvgIpc) is 2.96. The van der Waals surface area contributed by atoms with Crippen LogP contribution in [0.1, 0.15) is 24.8 Å². The van der Waals surface area contributed by atoms with Crippen LogP contribution in [0.4, 0.5) is 4.39 Å². The molecule has 0 bridgehead atoms. The lowest BCUT2D eigenvalue weighted by Gasteiger charge is -2.17. The summed E-state index contributed by atoms with van der Waals surface area (Å²) in [6, 6.07) is 4.86. The number of methoxy groups -OCH3 is 1. The van der Waals surface area contributed by atoms with E-state index in [0.717, 1.165) is 24.8 Å². The molecule has 4 nitrogen and oxygen atoms in total. The first-order chi connectivity index (χ1) is 10.2. The van der Waals surface area contributed by atoms with Gasteiger partial charge in [-0.1, -0.05) is 12.5 Å². The third-order valence-corrected chi connectivity index (χ3v) is 4.23. The summed E-state index contributed by atoms with van der Waals surface area (Å²) in [4.78, 5) is 12.1. The second kappa shape index (κ2) is 7.41. The van der Waals surface area contributed by atoms with Crippen molar-refractivity contribution in [2.75, 3.05) is 20.2 Å². The zero-order chi connectivity index (χ0) is 15.2. The number of nitrogens with one attached hydrogen (secondary N) is 1. The summed E-state index contributed by atoms with van der Waals surface area (Å²) in [6.07, 6.45) is 3.64. The minimum Gasteiger partial charge on any atom is -0.494 e. The van der Waals surface area contributed by atoms with E-state index in [0.29, 0.717) is 25.4 Å². The molecule has 0 heterocycles. The smallest absolute Gasteiger partial charge is 0.223 e. The molecule has 116 valence electrons. The predicted molar refractivity (Wildman–Crippen MR) is 79.6 cm³/mol. The Morgan fingerprint density at radius 1 is 1.48 bits per heavy atom. The van der Waals surface area contributed by atoms with Crippen LogP contribution in [0.2, 0.25) is 0 Å². The summed E-state index contributed by atoms with van der Waals surface area (Å²) in [5.41, 5.74) is 6.54. The first kappa shape index (κ1) is 15.8. The number of benzene rings is 1. The Hall–Kier alpha value is -1.62. The van der Waals surface area contributed by atoms with Crippen LogP contribution in [0.3, 0.4) is 0 Å². The van der Waals surface area contributed by atoms with Crippen molar-refractivity contribution < 1.29 is 13.9 Å². The number of ether oxygens (including phenoxy) is 1. The van der Waals surface area contributed by atoms with Crippen LogP contribution in [0, 0.1) is 17.7 Å². The molecule has 1 aromatic carbocycles. The molecule has 1 fully saturated rings. The highest BCUT2D eigenvalue weighted by Gasteiger charge is 2.31. The standard InChI is InChI=1S/C16H23FN2O2/c1-21-15-6-5-11(9-14(15)17)7-8-19-16(20)13-4-2-3-12(13)10-18/h5-6,9,12-13H,2-4,7-8,10,18H2,1H3,(H,19,20)/t12-,13-/m1/s1. The molecule has 0 aliphatic heterocycles. The monoisotopic (exact) mass is 294 g/mol. The fraction of sp³-hybridized carbons (Fsp3) is 0.562. The van der Waals surface area contributed by atoms with Gasteiger partial charge in [0.1, 0.15) is 0 Å². The topological polar surface area (TPSA) is 64.3 Å². The Morgan fingerprint density at radius 2 is 2.29 bits per heavy atom. The van der Waals surface area contributed by atoms with Gasteiger partial charge in [0.05, 0.1) is 7.11 Å². The van der Waals surface area contributed by atoms with Gasteiger partial charge in [0.2, 0.25) is 5.91 Å². The Morgan fingerprint density at radius 3 is 2.95 bits per heavy atom. The predicted octanol–water partition coefficient (Wildman–Crippen LogP) is 1.87. The third kappa shape index (κ3) is 3.94. The highest BCUT2D eigenvalue weighted by atomic mass is 19.1. The van der Waals surface area contributed by atoms with Gasteiger partial charge in [0, 0.05) is 12.5 Å². The molecule has 0 radical (unpaired) electrons. The van der Waals surface area contributed by atoms with Crippen LogP contribution in [-0.2, 0) is 11.2 Å². The molecule has 1 aromatic rings. The Labute approximate surface area is 124 Å². The fourth-order valence-electron chi connectivity index (χ4n) is 2.99. The van der Waals surface area contributed by atoms with E-state index in [-0.39, 0.29) is 23.4 Å².